The van der Waals surface area contributed by atoms with Crippen molar-refractivity contribution in [1.82, 2.24) is 9.91 Å². The van der Waals surface area contributed by atoms with Gasteiger partial charge >= 0.3 is 0 Å². The second-order valence-electron chi connectivity index (χ2n) is 9.31. The van der Waals surface area contributed by atoms with E-state index in [1.54, 1.807) is 7.11 Å². The summed E-state index contributed by atoms with van der Waals surface area (Å²) in [6.45, 7) is 2.86. The number of likely N-dealkylation sites (tertiary alicyclic amines) is 1. The van der Waals surface area contributed by atoms with Gasteiger partial charge in [0.25, 0.3) is 0 Å². The lowest BCUT2D eigenvalue weighted by atomic mass is 9.90. The normalized spacial score (nSPS) is 20.9. The van der Waals surface area contributed by atoms with Gasteiger partial charge in [0, 0.05) is 49.5 Å². The Kier molecular flexibility index (Phi) is 5.47. The Balaban J connectivity index is 1.33. The Labute approximate surface area is 205 Å². The van der Waals surface area contributed by atoms with Gasteiger partial charge < -0.3 is 9.47 Å². The summed E-state index contributed by atoms with van der Waals surface area (Å²) in [4.78, 5) is 2.51. The fourth-order valence-corrected chi connectivity index (χ4v) is 5.61. The first-order valence-corrected chi connectivity index (χ1v) is 12.3. The van der Waals surface area contributed by atoms with E-state index in [1.807, 2.05) is 24.3 Å². The molecule has 6 heteroatoms. The molecule has 5 nitrogen and oxygen atoms in total. The van der Waals surface area contributed by atoms with Crippen LogP contribution in [0.1, 0.15) is 42.0 Å². The number of methoxy groups -OCH3 is 1. The molecule has 0 amide bonds. The van der Waals surface area contributed by atoms with Crippen molar-refractivity contribution >= 4 is 17.3 Å². The molecule has 0 radical (unpaired) electrons. The summed E-state index contributed by atoms with van der Waals surface area (Å²) >= 11 is 6.14. The Hall–Kier alpha value is -3.02. The highest BCUT2D eigenvalue weighted by Gasteiger charge is 2.52. The zero-order valence-corrected chi connectivity index (χ0v) is 20.0. The number of rotatable bonds is 4. The van der Waals surface area contributed by atoms with Crippen molar-refractivity contribution in [2.24, 2.45) is 5.10 Å². The highest BCUT2D eigenvalue weighted by atomic mass is 35.5. The van der Waals surface area contributed by atoms with Crippen LogP contribution in [0.15, 0.2) is 77.9 Å². The molecule has 3 aliphatic heterocycles. The summed E-state index contributed by atoms with van der Waals surface area (Å²) in [6.07, 6.45) is 2.59. The van der Waals surface area contributed by atoms with Gasteiger partial charge in [-0.25, -0.2) is 5.01 Å². The van der Waals surface area contributed by atoms with Crippen molar-refractivity contribution in [2.45, 2.75) is 37.6 Å². The van der Waals surface area contributed by atoms with Crippen molar-refractivity contribution in [3.63, 3.8) is 0 Å². The van der Waals surface area contributed by atoms with Crippen LogP contribution in [0.4, 0.5) is 0 Å². The zero-order valence-electron chi connectivity index (χ0n) is 19.3. The first kappa shape index (κ1) is 21.5. The number of benzene rings is 3. The van der Waals surface area contributed by atoms with Crippen LogP contribution in [0.25, 0.3) is 0 Å². The van der Waals surface area contributed by atoms with Gasteiger partial charge in [0.05, 0.1) is 18.9 Å². The summed E-state index contributed by atoms with van der Waals surface area (Å²) in [5.41, 5.74) is 4.20. The summed E-state index contributed by atoms with van der Waals surface area (Å²) < 4.78 is 12.6. The topological polar surface area (TPSA) is 37.3 Å². The Morgan fingerprint density at radius 1 is 1.00 bits per heavy atom. The fourth-order valence-electron chi connectivity index (χ4n) is 5.48. The van der Waals surface area contributed by atoms with Crippen molar-refractivity contribution in [3.05, 3.63) is 94.5 Å². The van der Waals surface area contributed by atoms with Gasteiger partial charge in [-0.1, -0.05) is 66.2 Å². The van der Waals surface area contributed by atoms with Gasteiger partial charge in [0.2, 0.25) is 5.72 Å². The van der Waals surface area contributed by atoms with Crippen molar-refractivity contribution < 1.29 is 9.47 Å². The van der Waals surface area contributed by atoms with E-state index in [0.29, 0.717) is 0 Å². The molecule has 3 aromatic carbocycles. The molecule has 3 aromatic rings. The molecule has 3 aliphatic rings. The fraction of sp³-hybridized carbons (Fsp3) is 0.321. The molecule has 34 heavy (non-hydrogen) atoms. The van der Waals surface area contributed by atoms with Gasteiger partial charge in [-0.3, -0.25) is 4.90 Å². The highest BCUT2D eigenvalue weighted by molar-refractivity contribution is 6.30. The smallest absolute Gasteiger partial charge is 0.200 e. The Bertz CT molecular complexity index is 1200. The van der Waals surface area contributed by atoms with Gasteiger partial charge in [-0.15, -0.1) is 0 Å². The van der Waals surface area contributed by atoms with E-state index in [0.717, 1.165) is 72.3 Å². The first-order chi connectivity index (χ1) is 16.6. The molecule has 0 N–H and O–H groups in total. The molecule has 0 aromatic heterocycles. The van der Waals surface area contributed by atoms with Crippen LogP contribution in [0.3, 0.4) is 0 Å². The van der Waals surface area contributed by atoms with Crippen molar-refractivity contribution in [1.29, 1.82) is 0 Å². The van der Waals surface area contributed by atoms with Crippen LogP contribution < -0.4 is 9.47 Å². The molecule has 1 unspecified atom stereocenters. The molecule has 1 spiro atoms. The largest absolute Gasteiger partial charge is 0.493 e. The number of nitrogens with zero attached hydrogens (tertiary/aromatic N) is 3. The van der Waals surface area contributed by atoms with Crippen molar-refractivity contribution in [2.75, 3.05) is 20.2 Å². The third-order valence-corrected chi connectivity index (χ3v) is 7.52. The number of para-hydroxylation sites is 1. The molecule has 1 fully saturated rings. The second-order valence-corrected chi connectivity index (χ2v) is 9.74. The highest BCUT2D eigenvalue weighted by Crippen LogP contribution is 2.52. The molecule has 0 aliphatic carbocycles. The number of halogens is 1. The molecule has 0 bridgehead atoms. The minimum Gasteiger partial charge on any atom is -0.493 e. The predicted octanol–water partition coefficient (Wildman–Crippen LogP) is 5.88. The predicted molar refractivity (Wildman–Crippen MR) is 134 cm³/mol. The molecule has 1 saturated heterocycles. The molecule has 6 rings (SSSR count). The summed E-state index contributed by atoms with van der Waals surface area (Å²) in [5.74, 6) is 1.67. The molecule has 3 heterocycles. The minimum atomic E-state index is -0.479. The van der Waals surface area contributed by atoms with Crippen LogP contribution in [-0.2, 0) is 6.54 Å². The molecule has 174 valence electrons. The van der Waals surface area contributed by atoms with Crippen LogP contribution in [0.5, 0.6) is 11.5 Å². The number of hydrogen-bond donors (Lipinski definition) is 0. The molecule has 0 saturated carbocycles. The quantitative estimate of drug-likeness (QED) is 0.474. The number of piperidine rings is 1. The summed E-state index contributed by atoms with van der Waals surface area (Å²) in [5, 5.41) is 8.16. The number of ether oxygens (including phenoxy) is 2. The van der Waals surface area contributed by atoms with Gasteiger partial charge in [-0.2, -0.15) is 5.10 Å². The summed E-state index contributed by atoms with van der Waals surface area (Å²) in [7, 11) is 1.71. The SMILES string of the molecule is COc1cccc2c1OC1(CCN(Cc3ccccc3)CC1)N1N=C(c3ccc(Cl)cc3)CC21. The number of hydrazone groups is 1. The van der Waals surface area contributed by atoms with Crippen molar-refractivity contribution in [3.8, 4) is 11.5 Å². The van der Waals surface area contributed by atoms with Crippen LogP contribution in [-0.4, -0.2) is 41.5 Å². The number of fused-ring (bicyclic) bond motifs is 4. The second kappa shape index (κ2) is 8.64. The minimum absolute atomic E-state index is 0.130. The van der Waals surface area contributed by atoms with Gasteiger partial charge in [0.15, 0.2) is 11.5 Å². The number of hydrogen-bond acceptors (Lipinski definition) is 5. The Morgan fingerprint density at radius 3 is 2.50 bits per heavy atom. The van der Waals surface area contributed by atoms with Crippen LogP contribution in [0, 0.1) is 0 Å². The lowest BCUT2D eigenvalue weighted by Crippen LogP contribution is -2.59. The first-order valence-electron chi connectivity index (χ1n) is 11.9. The van der Waals surface area contributed by atoms with E-state index < -0.39 is 5.72 Å². The van der Waals surface area contributed by atoms with E-state index >= 15 is 0 Å². The maximum absolute atomic E-state index is 6.84. The van der Waals surface area contributed by atoms with E-state index in [1.165, 1.54) is 5.56 Å². The zero-order chi connectivity index (χ0) is 23.1. The van der Waals surface area contributed by atoms with E-state index in [2.05, 4.69) is 58.4 Å². The standard InChI is InChI=1S/C28H28ClN3O2/c1-33-26-9-5-8-23-25-18-24(21-10-12-22(29)13-11-21)30-32(25)28(34-27(23)26)14-16-31(17-15-28)19-20-6-3-2-4-7-20/h2-13,25H,14-19H2,1H3. The maximum atomic E-state index is 6.84. The average molecular weight is 474 g/mol. The lowest BCUT2D eigenvalue weighted by molar-refractivity contribution is -0.151. The lowest BCUT2D eigenvalue weighted by Gasteiger charge is -2.51. The molecular weight excluding hydrogens is 446 g/mol. The maximum Gasteiger partial charge on any atom is 0.200 e. The van der Waals surface area contributed by atoms with Crippen LogP contribution >= 0.6 is 11.6 Å². The van der Waals surface area contributed by atoms with E-state index in [-0.39, 0.29) is 6.04 Å². The van der Waals surface area contributed by atoms with E-state index in [4.69, 9.17) is 26.2 Å². The molecule has 1 atom stereocenters. The third-order valence-electron chi connectivity index (χ3n) is 7.27. The van der Waals surface area contributed by atoms with E-state index in [9.17, 15) is 0 Å². The Morgan fingerprint density at radius 2 is 1.76 bits per heavy atom. The summed E-state index contributed by atoms with van der Waals surface area (Å²) in [6, 6.07) is 25.0. The monoisotopic (exact) mass is 473 g/mol. The average Bonchev–Trinajstić information content (AvgIpc) is 3.33. The van der Waals surface area contributed by atoms with Crippen LogP contribution in [0.2, 0.25) is 5.02 Å². The van der Waals surface area contributed by atoms with Gasteiger partial charge in [0.1, 0.15) is 0 Å². The van der Waals surface area contributed by atoms with Gasteiger partial charge in [-0.05, 0) is 29.3 Å². The third kappa shape index (κ3) is 3.73. The molecular formula is C28H28ClN3O2.